The highest BCUT2D eigenvalue weighted by atomic mass is 35.5. The Hall–Kier alpha value is -3.53. The summed E-state index contributed by atoms with van der Waals surface area (Å²) in [7, 11) is 0. The molecule has 0 atom stereocenters. The van der Waals surface area contributed by atoms with Crippen LogP contribution in [-0.2, 0) is 0 Å². The van der Waals surface area contributed by atoms with E-state index in [1.807, 2.05) is 0 Å². The SMILES string of the molecule is Clc1nc(-c2cccc3ccccc23)c2ccc3sc4ccc5ccccc5c4c3c2n1. The lowest BCUT2D eigenvalue weighted by atomic mass is 9.97. The summed E-state index contributed by atoms with van der Waals surface area (Å²) in [5, 5.41) is 8.50. The lowest BCUT2D eigenvalue weighted by Gasteiger charge is -2.11. The standard InChI is InChI=1S/C28H15ClN2S/c29-28-30-26(20-11-5-8-16-6-1-3-9-18(16)20)21-13-15-23-25(27(21)31-28)24-19-10-4-2-7-17(19)12-14-22(24)32-23/h1-15H. The third-order valence-electron chi connectivity index (χ3n) is 6.21. The van der Waals surface area contributed by atoms with E-state index in [1.54, 1.807) is 11.3 Å². The van der Waals surface area contributed by atoms with Gasteiger partial charge in [0.05, 0.1) is 11.2 Å². The molecule has 0 N–H and O–H groups in total. The van der Waals surface area contributed by atoms with Crippen LogP contribution in [0, 0.1) is 0 Å². The van der Waals surface area contributed by atoms with E-state index < -0.39 is 0 Å². The fourth-order valence-corrected chi connectivity index (χ4v) is 6.12. The first-order valence-corrected chi connectivity index (χ1v) is 11.7. The first-order valence-electron chi connectivity index (χ1n) is 10.5. The van der Waals surface area contributed by atoms with Crippen molar-refractivity contribution in [3.8, 4) is 11.3 Å². The van der Waals surface area contributed by atoms with Crippen LogP contribution in [0.2, 0.25) is 5.28 Å². The summed E-state index contributed by atoms with van der Waals surface area (Å²) in [6.07, 6.45) is 0. The monoisotopic (exact) mass is 446 g/mol. The van der Waals surface area contributed by atoms with Crippen LogP contribution in [0.4, 0.5) is 0 Å². The molecular formula is C28H15ClN2S. The van der Waals surface area contributed by atoms with Crippen LogP contribution in [0.5, 0.6) is 0 Å². The van der Waals surface area contributed by atoms with Gasteiger partial charge in [-0.25, -0.2) is 9.97 Å². The normalized spacial score (nSPS) is 11.9. The summed E-state index contributed by atoms with van der Waals surface area (Å²) in [6.45, 7) is 0. The Morgan fingerprint density at radius 2 is 1.25 bits per heavy atom. The van der Waals surface area contributed by atoms with Gasteiger partial charge in [-0.15, -0.1) is 11.3 Å². The Labute approximate surface area is 192 Å². The van der Waals surface area contributed by atoms with E-state index in [9.17, 15) is 0 Å². The van der Waals surface area contributed by atoms with E-state index in [0.29, 0.717) is 0 Å². The average Bonchev–Trinajstić information content (AvgIpc) is 3.23. The Bertz CT molecular complexity index is 1850. The molecule has 0 unspecified atom stereocenters. The van der Waals surface area contributed by atoms with Crippen molar-refractivity contribution in [2.45, 2.75) is 0 Å². The zero-order valence-electron chi connectivity index (χ0n) is 16.8. The molecule has 0 saturated carbocycles. The molecule has 7 rings (SSSR count). The Balaban J connectivity index is 1.69. The van der Waals surface area contributed by atoms with Gasteiger partial charge >= 0.3 is 0 Å². The molecule has 0 radical (unpaired) electrons. The predicted molar refractivity (Wildman–Crippen MR) is 138 cm³/mol. The molecule has 0 fully saturated rings. The number of aromatic nitrogens is 2. The van der Waals surface area contributed by atoms with Crippen molar-refractivity contribution in [2.24, 2.45) is 0 Å². The van der Waals surface area contributed by atoms with Crippen LogP contribution < -0.4 is 0 Å². The van der Waals surface area contributed by atoms with Crippen molar-refractivity contribution < 1.29 is 0 Å². The topological polar surface area (TPSA) is 25.8 Å². The quantitative estimate of drug-likeness (QED) is 0.236. The van der Waals surface area contributed by atoms with E-state index >= 15 is 0 Å². The van der Waals surface area contributed by atoms with Gasteiger partial charge in [-0.2, -0.15) is 0 Å². The van der Waals surface area contributed by atoms with Crippen molar-refractivity contribution >= 4 is 75.6 Å². The molecule has 150 valence electrons. The molecule has 0 amide bonds. The number of hydrogen-bond acceptors (Lipinski definition) is 3. The summed E-state index contributed by atoms with van der Waals surface area (Å²) in [4.78, 5) is 9.47. The molecule has 0 aliphatic heterocycles. The largest absolute Gasteiger partial charge is 0.223 e. The fourth-order valence-electron chi connectivity index (χ4n) is 4.83. The van der Waals surface area contributed by atoms with Crippen LogP contribution in [0.1, 0.15) is 0 Å². The van der Waals surface area contributed by atoms with Crippen LogP contribution in [0.3, 0.4) is 0 Å². The van der Waals surface area contributed by atoms with E-state index in [0.717, 1.165) is 32.9 Å². The smallest absolute Gasteiger partial charge is 0.217 e. The van der Waals surface area contributed by atoms with Crippen LogP contribution in [-0.4, -0.2) is 9.97 Å². The molecule has 2 nitrogen and oxygen atoms in total. The number of hydrogen-bond donors (Lipinski definition) is 0. The molecular weight excluding hydrogens is 432 g/mol. The van der Waals surface area contributed by atoms with Crippen LogP contribution in [0.15, 0.2) is 91.0 Å². The summed E-state index contributed by atoms with van der Waals surface area (Å²) >= 11 is 8.34. The number of halogens is 1. The zero-order valence-corrected chi connectivity index (χ0v) is 18.4. The third-order valence-corrected chi connectivity index (χ3v) is 7.50. The summed E-state index contributed by atoms with van der Waals surface area (Å²) in [5.41, 5.74) is 2.85. The van der Waals surface area contributed by atoms with Gasteiger partial charge in [-0.1, -0.05) is 72.8 Å². The minimum Gasteiger partial charge on any atom is -0.217 e. The maximum absolute atomic E-state index is 6.54. The summed E-state index contributed by atoms with van der Waals surface area (Å²) in [5.74, 6) is 0. The second-order valence-electron chi connectivity index (χ2n) is 7.96. The third kappa shape index (κ3) is 2.52. The fraction of sp³-hybridized carbons (Fsp3) is 0. The molecule has 2 aromatic heterocycles. The van der Waals surface area contributed by atoms with Crippen molar-refractivity contribution in [3.05, 3.63) is 96.3 Å². The van der Waals surface area contributed by atoms with Gasteiger partial charge in [0.1, 0.15) is 0 Å². The summed E-state index contributed by atoms with van der Waals surface area (Å²) in [6, 6.07) is 32.0. The van der Waals surface area contributed by atoms with Gasteiger partial charge in [0.2, 0.25) is 5.28 Å². The van der Waals surface area contributed by atoms with E-state index in [-0.39, 0.29) is 5.28 Å². The lowest BCUT2D eigenvalue weighted by molar-refractivity contribution is 1.23. The molecule has 0 saturated heterocycles. The van der Waals surface area contributed by atoms with Gasteiger partial charge in [-0.05, 0) is 51.3 Å². The Morgan fingerprint density at radius 1 is 0.562 bits per heavy atom. The Morgan fingerprint density at radius 3 is 2.12 bits per heavy atom. The molecule has 32 heavy (non-hydrogen) atoms. The van der Waals surface area contributed by atoms with Crippen molar-refractivity contribution in [2.75, 3.05) is 0 Å². The van der Waals surface area contributed by atoms with Crippen molar-refractivity contribution in [1.29, 1.82) is 0 Å². The molecule has 0 aliphatic carbocycles. The second-order valence-corrected chi connectivity index (χ2v) is 9.39. The minimum absolute atomic E-state index is 0.271. The zero-order chi connectivity index (χ0) is 21.2. The number of rotatable bonds is 1. The second kappa shape index (κ2) is 6.73. The van der Waals surface area contributed by atoms with Gasteiger partial charge in [0.15, 0.2) is 0 Å². The highest BCUT2D eigenvalue weighted by Gasteiger charge is 2.17. The molecule has 0 spiro atoms. The predicted octanol–water partition coefficient (Wildman–Crippen LogP) is 8.62. The summed E-state index contributed by atoms with van der Waals surface area (Å²) < 4.78 is 2.47. The molecule has 4 heteroatoms. The van der Waals surface area contributed by atoms with Gasteiger partial charge in [-0.3, -0.25) is 0 Å². The number of thiophene rings is 1. The number of nitrogens with zero attached hydrogens (tertiary/aromatic N) is 2. The first-order chi connectivity index (χ1) is 15.8. The minimum atomic E-state index is 0.271. The first kappa shape index (κ1) is 18.1. The van der Waals surface area contributed by atoms with E-state index in [1.165, 1.54) is 30.9 Å². The number of benzene rings is 5. The van der Waals surface area contributed by atoms with Gasteiger partial charge in [0, 0.05) is 31.1 Å². The van der Waals surface area contributed by atoms with Crippen LogP contribution >= 0.6 is 22.9 Å². The van der Waals surface area contributed by atoms with Crippen molar-refractivity contribution in [3.63, 3.8) is 0 Å². The highest BCUT2D eigenvalue weighted by Crippen LogP contribution is 2.43. The molecule has 0 bridgehead atoms. The maximum atomic E-state index is 6.54. The molecule has 0 aliphatic rings. The molecule has 7 aromatic rings. The van der Waals surface area contributed by atoms with E-state index in [4.69, 9.17) is 21.6 Å². The lowest BCUT2D eigenvalue weighted by Crippen LogP contribution is -1.93. The molecule has 2 heterocycles. The highest BCUT2D eigenvalue weighted by molar-refractivity contribution is 7.26. The van der Waals surface area contributed by atoms with Crippen LogP contribution in [0.25, 0.3) is 63.9 Å². The van der Waals surface area contributed by atoms with Crippen molar-refractivity contribution in [1.82, 2.24) is 9.97 Å². The average molecular weight is 447 g/mol. The van der Waals surface area contributed by atoms with Gasteiger partial charge < -0.3 is 0 Å². The Kier molecular flexibility index (Phi) is 3.80. The number of fused-ring (bicyclic) bond motifs is 8. The van der Waals surface area contributed by atoms with E-state index in [2.05, 4.69) is 91.0 Å². The maximum Gasteiger partial charge on any atom is 0.223 e. The molecule has 5 aromatic carbocycles. The van der Waals surface area contributed by atoms with Gasteiger partial charge in [0.25, 0.3) is 0 Å².